The molecule has 0 atom stereocenters. The molecule has 0 aliphatic carbocycles. The molecule has 6 nitrogen and oxygen atoms in total. The second-order valence-electron chi connectivity index (χ2n) is 6.61. The van der Waals surface area contributed by atoms with E-state index in [4.69, 9.17) is 4.74 Å². The van der Waals surface area contributed by atoms with Gasteiger partial charge in [0.05, 0.1) is 10.5 Å². The van der Waals surface area contributed by atoms with Crippen molar-refractivity contribution in [2.24, 2.45) is 0 Å². The van der Waals surface area contributed by atoms with Gasteiger partial charge in [-0.25, -0.2) is 22.0 Å². The SMILES string of the molecule is O=C(COC(=O)c1ccc(F)cc1F)c1ccc(S(=O)(=O)N2CCCCC2)cc1. The van der Waals surface area contributed by atoms with Gasteiger partial charge in [0.25, 0.3) is 0 Å². The van der Waals surface area contributed by atoms with Gasteiger partial charge in [0.1, 0.15) is 11.6 Å². The van der Waals surface area contributed by atoms with E-state index < -0.39 is 45.6 Å². The van der Waals surface area contributed by atoms with Gasteiger partial charge >= 0.3 is 5.97 Å². The van der Waals surface area contributed by atoms with Gasteiger partial charge in [-0.1, -0.05) is 6.42 Å². The number of nitrogens with zero attached hydrogens (tertiary/aromatic N) is 1. The molecule has 3 rings (SSSR count). The number of hydrogen-bond donors (Lipinski definition) is 0. The lowest BCUT2D eigenvalue weighted by Gasteiger charge is -2.25. The normalized spacial score (nSPS) is 15.1. The monoisotopic (exact) mass is 423 g/mol. The number of rotatable bonds is 6. The molecule has 1 saturated heterocycles. The Morgan fingerprint density at radius 3 is 2.24 bits per heavy atom. The summed E-state index contributed by atoms with van der Waals surface area (Å²) in [6.45, 7) is 0.283. The lowest BCUT2D eigenvalue weighted by Crippen LogP contribution is -2.35. The van der Waals surface area contributed by atoms with E-state index in [9.17, 15) is 26.8 Å². The molecule has 0 N–H and O–H groups in total. The van der Waals surface area contributed by atoms with Crippen LogP contribution in [0.3, 0.4) is 0 Å². The summed E-state index contributed by atoms with van der Waals surface area (Å²) in [7, 11) is -3.61. The molecular weight excluding hydrogens is 404 g/mol. The Kier molecular flexibility index (Phi) is 6.39. The van der Waals surface area contributed by atoms with Crippen molar-refractivity contribution in [3.63, 3.8) is 0 Å². The molecule has 9 heteroatoms. The lowest BCUT2D eigenvalue weighted by atomic mass is 10.1. The highest BCUT2D eigenvalue weighted by Gasteiger charge is 2.26. The number of sulfonamides is 1. The van der Waals surface area contributed by atoms with Gasteiger partial charge in [-0.05, 0) is 49.2 Å². The van der Waals surface area contributed by atoms with Crippen molar-refractivity contribution in [1.82, 2.24) is 4.31 Å². The Labute approximate surface area is 167 Å². The minimum atomic E-state index is -3.61. The fourth-order valence-corrected chi connectivity index (χ4v) is 4.53. The maximum absolute atomic E-state index is 13.6. The summed E-state index contributed by atoms with van der Waals surface area (Å²) in [5, 5.41) is 0. The molecule has 29 heavy (non-hydrogen) atoms. The first-order valence-electron chi connectivity index (χ1n) is 9.04. The molecule has 2 aromatic rings. The molecule has 0 amide bonds. The molecule has 2 aromatic carbocycles. The number of halogens is 2. The van der Waals surface area contributed by atoms with Crippen molar-refractivity contribution in [2.45, 2.75) is 24.2 Å². The molecule has 0 saturated carbocycles. The smallest absolute Gasteiger partial charge is 0.341 e. The topological polar surface area (TPSA) is 80.8 Å². The number of carbonyl (C=O) groups is 2. The van der Waals surface area contributed by atoms with Crippen molar-refractivity contribution in [1.29, 1.82) is 0 Å². The largest absolute Gasteiger partial charge is 0.454 e. The molecule has 1 aliphatic rings. The van der Waals surface area contributed by atoms with E-state index in [-0.39, 0.29) is 10.5 Å². The number of benzene rings is 2. The maximum Gasteiger partial charge on any atom is 0.341 e. The van der Waals surface area contributed by atoms with E-state index in [0.717, 1.165) is 31.4 Å². The van der Waals surface area contributed by atoms with Crippen LogP contribution < -0.4 is 0 Å². The second-order valence-corrected chi connectivity index (χ2v) is 8.55. The molecule has 1 aliphatic heterocycles. The Bertz CT molecular complexity index is 1020. The van der Waals surface area contributed by atoms with Gasteiger partial charge in [0.15, 0.2) is 12.4 Å². The van der Waals surface area contributed by atoms with E-state index in [1.54, 1.807) is 0 Å². The molecule has 0 unspecified atom stereocenters. The maximum atomic E-state index is 13.6. The van der Waals surface area contributed by atoms with Crippen LogP contribution in [0.4, 0.5) is 8.78 Å². The van der Waals surface area contributed by atoms with Crippen LogP contribution in [0.5, 0.6) is 0 Å². The van der Waals surface area contributed by atoms with Crippen LogP contribution in [0.15, 0.2) is 47.4 Å². The van der Waals surface area contributed by atoms with Gasteiger partial charge in [-0.15, -0.1) is 0 Å². The summed E-state index contributed by atoms with van der Waals surface area (Å²) in [4.78, 5) is 24.1. The summed E-state index contributed by atoms with van der Waals surface area (Å²) in [5.74, 6) is -3.60. The number of ether oxygens (including phenoxy) is 1. The molecule has 0 aromatic heterocycles. The van der Waals surface area contributed by atoms with Gasteiger partial charge in [-0.3, -0.25) is 4.79 Å². The van der Waals surface area contributed by atoms with E-state index >= 15 is 0 Å². The fourth-order valence-electron chi connectivity index (χ4n) is 3.01. The predicted octanol–water partition coefficient (Wildman–Crippen LogP) is 3.18. The number of piperidine rings is 1. The summed E-state index contributed by atoms with van der Waals surface area (Å²) < 4.78 is 57.9. The summed E-state index contributed by atoms with van der Waals surface area (Å²) in [5.41, 5.74) is -0.336. The third-order valence-corrected chi connectivity index (χ3v) is 6.53. The standard InChI is InChI=1S/C20H19F2NO5S/c21-15-6-9-17(18(22)12-15)20(25)28-13-19(24)14-4-7-16(8-5-14)29(26,27)23-10-2-1-3-11-23/h4-9,12H,1-3,10-11,13H2. The Hall–Kier alpha value is -2.65. The van der Waals surface area contributed by atoms with Crippen molar-refractivity contribution in [3.05, 3.63) is 65.2 Å². The summed E-state index contributed by atoms with van der Waals surface area (Å²) >= 11 is 0. The molecule has 1 fully saturated rings. The van der Waals surface area contributed by atoms with Crippen molar-refractivity contribution < 1.29 is 31.5 Å². The van der Waals surface area contributed by atoms with Crippen molar-refractivity contribution in [3.8, 4) is 0 Å². The first-order chi connectivity index (χ1) is 13.8. The average molecular weight is 423 g/mol. The van der Waals surface area contributed by atoms with Crippen molar-refractivity contribution in [2.75, 3.05) is 19.7 Å². The van der Waals surface area contributed by atoms with Gasteiger partial charge in [-0.2, -0.15) is 4.31 Å². The van der Waals surface area contributed by atoms with Crippen LogP contribution in [0.25, 0.3) is 0 Å². The lowest BCUT2D eigenvalue weighted by molar-refractivity contribution is 0.0470. The van der Waals surface area contributed by atoms with Gasteiger partial charge < -0.3 is 4.74 Å². The molecular formula is C20H19F2NO5S. The number of ketones is 1. The number of hydrogen-bond acceptors (Lipinski definition) is 5. The van der Waals surface area contributed by atoms with Crippen LogP contribution >= 0.6 is 0 Å². The average Bonchev–Trinajstić information content (AvgIpc) is 2.72. The Morgan fingerprint density at radius 2 is 1.62 bits per heavy atom. The van der Waals surface area contributed by atoms with Crippen LogP contribution in [0, 0.1) is 11.6 Å². The van der Waals surface area contributed by atoms with Gasteiger partial charge in [0.2, 0.25) is 10.0 Å². The number of carbonyl (C=O) groups excluding carboxylic acids is 2. The molecule has 1 heterocycles. The van der Waals surface area contributed by atoms with Crippen LogP contribution in [0.1, 0.15) is 40.0 Å². The number of Topliss-reactive ketones (excluding diaryl/α,β-unsaturated/α-hetero) is 1. The molecule has 0 bridgehead atoms. The minimum absolute atomic E-state index is 0.0846. The van der Waals surface area contributed by atoms with Crippen LogP contribution in [-0.4, -0.2) is 44.2 Å². The summed E-state index contributed by atoms with van der Waals surface area (Å²) in [6.07, 6.45) is 2.63. The Balaban J connectivity index is 1.63. The zero-order chi connectivity index (χ0) is 21.0. The van der Waals surface area contributed by atoms with E-state index in [0.29, 0.717) is 19.2 Å². The zero-order valence-corrected chi connectivity index (χ0v) is 16.3. The molecule has 0 radical (unpaired) electrons. The highest BCUT2D eigenvalue weighted by atomic mass is 32.2. The van der Waals surface area contributed by atoms with E-state index in [1.165, 1.54) is 28.6 Å². The van der Waals surface area contributed by atoms with Crippen LogP contribution in [-0.2, 0) is 14.8 Å². The van der Waals surface area contributed by atoms with E-state index in [2.05, 4.69) is 0 Å². The molecule has 154 valence electrons. The third-order valence-electron chi connectivity index (χ3n) is 4.61. The fraction of sp³-hybridized carbons (Fsp3) is 0.300. The van der Waals surface area contributed by atoms with Gasteiger partial charge in [0, 0.05) is 24.7 Å². The highest BCUT2D eigenvalue weighted by molar-refractivity contribution is 7.89. The molecule has 0 spiro atoms. The third kappa shape index (κ3) is 4.86. The van der Waals surface area contributed by atoms with E-state index in [1.807, 2.05) is 0 Å². The first-order valence-corrected chi connectivity index (χ1v) is 10.5. The minimum Gasteiger partial charge on any atom is -0.454 e. The Morgan fingerprint density at radius 1 is 0.966 bits per heavy atom. The zero-order valence-electron chi connectivity index (χ0n) is 15.4. The predicted molar refractivity (Wildman–Crippen MR) is 100 cm³/mol. The summed E-state index contributed by atoms with van der Waals surface area (Å²) in [6, 6.07) is 7.72. The second kappa shape index (κ2) is 8.79. The first kappa shape index (κ1) is 21.1. The quantitative estimate of drug-likeness (QED) is 0.527. The van der Waals surface area contributed by atoms with Crippen LogP contribution in [0.2, 0.25) is 0 Å². The highest BCUT2D eigenvalue weighted by Crippen LogP contribution is 2.21. The van der Waals surface area contributed by atoms with Crippen molar-refractivity contribution >= 4 is 21.8 Å². The number of esters is 1.